The first kappa shape index (κ1) is 19.4. The second kappa shape index (κ2) is 7.74. The van der Waals surface area contributed by atoms with Crippen molar-refractivity contribution in [2.24, 2.45) is 0 Å². The summed E-state index contributed by atoms with van der Waals surface area (Å²) < 4.78 is 49.8. The van der Waals surface area contributed by atoms with Crippen molar-refractivity contribution in [3.05, 3.63) is 35.6 Å². The van der Waals surface area contributed by atoms with E-state index in [4.69, 9.17) is 5.11 Å². The van der Waals surface area contributed by atoms with Gasteiger partial charge in [-0.3, -0.25) is 9.69 Å². The number of amides is 1. The van der Waals surface area contributed by atoms with Crippen LogP contribution in [0.15, 0.2) is 24.3 Å². The second-order valence-electron chi connectivity index (χ2n) is 5.45. The number of likely N-dealkylation sites (N-methyl/N-ethyl adjacent to an activating group) is 1. The van der Waals surface area contributed by atoms with Crippen molar-refractivity contribution in [2.75, 3.05) is 13.6 Å². The number of hydrogen-bond acceptors (Lipinski definition) is 3. The summed E-state index contributed by atoms with van der Waals surface area (Å²) in [4.78, 5) is 13.2. The number of rotatable bonds is 6. The molecule has 0 aromatic heterocycles. The van der Waals surface area contributed by atoms with Crippen molar-refractivity contribution in [1.29, 1.82) is 0 Å². The first-order chi connectivity index (χ1) is 10.5. The van der Waals surface area contributed by atoms with Crippen LogP contribution in [-0.2, 0) is 4.79 Å². The van der Waals surface area contributed by atoms with Gasteiger partial charge >= 0.3 is 6.18 Å². The Bertz CT molecular complexity index is 519. The van der Waals surface area contributed by atoms with E-state index in [9.17, 15) is 22.4 Å². The number of nitrogens with zero attached hydrogens (tertiary/aromatic N) is 1. The van der Waals surface area contributed by atoms with Gasteiger partial charge in [-0.05, 0) is 38.6 Å². The molecule has 0 aliphatic carbocycles. The fourth-order valence-corrected chi connectivity index (χ4v) is 1.90. The average Bonchev–Trinajstić information content (AvgIpc) is 2.45. The predicted molar refractivity (Wildman–Crippen MR) is 77.1 cm³/mol. The molecule has 2 N–H and O–H groups in total. The number of aliphatic hydroxyl groups excluding tert-OH is 1. The summed E-state index contributed by atoms with van der Waals surface area (Å²) in [5.74, 6) is -0.889. The topological polar surface area (TPSA) is 52.6 Å². The van der Waals surface area contributed by atoms with Crippen LogP contribution in [0.5, 0.6) is 0 Å². The lowest BCUT2D eigenvalue weighted by Gasteiger charge is -2.28. The van der Waals surface area contributed by atoms with E-state index < -0.39 is 42.6 Å². The number of hydrogen-bond donors (Lipinski definition) is 2. The van der Waals surface area contributed by atoms with E-state index in [2.05, 4.69) is 5.32 Å². The van der Waals surface area contributed by atoms with E-state index >= 15 is 0 Å². The molecule has 0 heterocycles. The highest BCUT2D eigenvalue weighted by Crippen LogP contribution is 2.21. The Balaban J connectivity index is 2.60. The molecule has 0 saturated carbocycles. The van der Waals surface area contributed by atoms with Crippen LogP contribution in [0.1, 0.15) is 25.5 Å². The maximum atomic E-state index is 12.9. The highest BCUT2D eigenvalue weighted by atomic mass is 19.4. The minimum atomic E-state index is -4.73. The molecule has 1 aromatic carbocycles. The van der Waals surface area contributed by atoms with Gasteiger partial charge in [0, 0.05) is 6.54 Å². The quantitative estimate of drug-likeness (QED) is 0.784. The molecule has 4 nitrogen and oxygen atoms in total. The Morgan fingerprint density at radius 1 is 1.26 bits per heavy atom. The molecule has 0 aliphatic rings. The maximum absolute atomic E-state index is 12.9. The van der Waals surface area contributed by atoms with E-state index in [-0.39, 0.29) is 0 Å². The number of halogens is 4. The van der Waals surface area contributed by atoms with Gasteiger partial charge in [0.1, 0.15) is 5.82 Å². The number of aliphatic hydroxyl groups is 1. The van der Waals surface area contributed by atoms with Crippen LogP contribution < -0.4 is 5.32 Å². The normalized spacial score (nSPS) is 16.0. The number of carbonyl (C=O) groups is 1. The molecule has 0 aliphatic heterocycles. The Labute approximate surface area is 132 Å². The van der Waals surface area contributed by atoms with Crippen LogP contribution in [0, 0.1) is 5.82 Å². The first-order valence-corrected chi connectivity index (χ1v) is 7.03. The number of nitrogens with one attached hydrogen (secondary N) is 1. The fourth-order valence-electron chi connectivity index (χ4n) is 1.90. The van der Waals surface area contributed by atoms with E-state index in [1.165, 1.54) is 38.2 Å². The fraction of sp³-hybridized carbons (Fsp3) is 0.533. The zero-order chi connectivity index (χ0) is 17.8. The van der Waals surface area contributed by atoms with Crippen molar-refractivity contribution in [3.63, 3.8) is 0 Å². The van der Waals surface area contributed by atoms with Crippen LogP contribution in [-0.4, -0.2) is 47.8 Å². The van der Waals surface area contributed by atoms with Gasteiger partial charge in [-0.1, -0.05) is 12.1 Å². The lowest BCUT2D eigenvalue weighted by Crippen LogP contribution is -2.48. The van der Waals surface area contributed by atoms with Crippen LogP contribution in [0.2, 0.25) is 0 Å². The summed E-state index contributed by atoms with van der Waals surface area (Å²) in [6.45, 7) is 2.42. The molecule has 1 amide bonds. The molecule has 0 fully saturated rings. The van der Waals surface area contributed by atoms with Gasteiger partial charge in [0.2, 0.25) is 5.91 Å². The SMILES string of the molecule is CC(NC(=O)C(C)N(C)CC(O)C(F)(F)F)c1ccc(F)cc1. The number of carbonyl (C=O) groups excluding carboxylic acids is 1. The van der Waals surface area contributed by atoms with Crippen molar-refractivity contribution in [1.82, 2.24) is 10.2 Å². The largest absolute Gasteiger partial charge is 0.415 e. The predicted octanol–water partition coefficient (Wildman–Crippen LogP) is 2.25. The lowest BCUT2D eigenvalue weighted by atomic mass is 10.1. The first-order valence-electron chi connectivity index (χ1n) is 7.03. The maximum Gasteiger partial charge on any atom is 0.415 e. The third-order valence-electron chi connectivity index (χ3n) is 3.61. The van der Waals surface area contributed by atoms with Crippen LogP contribution in [0.4, 0.5) is 17.6 Å². The molecule has 0 bridgehead atoms. The van der Waals surface area contributed by atoms with Crippen molar-refractivity contribution >= 4 is 5.91 Å². The van der Waals surface area contributed by atoms with E-state index in [0.29, 0.717) is 5.56 Å². The van der Waals surface area contributed by atoms with Gasteiger partial charge in [0.15, 0.2) is 6.10 Å². The Morgan fingerprint density at radius 3 is 2.26 bits per heavy atom. The molecule has 8 heteroatoms. The minimum absolute atomic E-state index is 0.401. The van der Waals surface area contributed by atoms with Crippen LogP contribution in [0.25, 0.3) is 0 Å². The molecule has 130 valence electrons. The monoisotopic (exact) mass is 336 g/mol. The third kappa shape index (κ3) is 5.80. The van der Waals surface area contributed by atoms with Crippen LogP contribution >= 0.6 is 0 Å². The summed E-state index contributed by atoms with van der Waals surface area (Å²) in [6, 6.07) is 4.26. The van der Waals surface area contributed by atoms with E-state index in [0.717, 1.165) is 4.90 Å². The van der Waals surface area contributed by atoms with Gasteiger partial charge in [-0.2, -0.15) is 13.2 Å². The molecular weight excluding hydrogens is 316 g/mol. The zero-order valence-electron chi connectivity index (χ0n) is 13.1. The number of benzene rings is 1. The second-order valence-corrected chi connectivity index (χ2v) is 5.45. The molecule has 1 aromatic rings. The number of alkyl halides is 3. The molecule has 0 spiro atoms. The summed E-state index contributed by atoms with van der Waals surface area (Å²) in [7, 11) is 1.32. The molecule has 0 saturated heterocycles. The summed E-state index contributed by atoms with van der Waals surface area (Å²) >= 11 is 0. The zero-order valence-corrected chi connectivity index (χ0v) is 13.1. The average molecular weight is 336 g/mol. The minimum Gasteiger partial charge on any atom is -0.382 e. The standard InChI is InChI=1S/C15H20F4N2O2/c1-9(11-4-6-12(16)7-5-11)20-14(23)10(2)21(3)8-13(22)15(17,18)19/h4-7,9-10,13,22H,8H2,1-3H3,(H,20,23). The van der Waals surface area contributed by atoms with Gasteiger partial charge in [0.05, 0.1) is 12.1 Å². The van der Waals surface area contributed by atoms with Gasteiger partial charge in [0.25, 0.3) is 0 Å². The van der Waals surface area contributed by atoms with E-state index in [1.807, 2.05) is 0 Å². The van der Waals surface area contributed by atoms with Crippen molar-refractivity contribution in [2.45, 2.75) is 38.2 Å². The molecule has 0 radical (unpaired) electrons. The van der Waals surface area contributed by atoms with Gasteiger partial charge in [-0.25, -0.2) is 4.39 Å². The Kier molecular flexibility index (Phi) is 6.52. The van der Waals surface area contributed by atoms with E-state index in [1.54, 1.807) is 6.92 Å². The highest BCUT2D eigenvalue weighted by Gasteiger charge is 2.39. The lowest BCUT2D eigenvalue weighted by molar-refractivity contribution is -0.208. The summed E-state index contributed by atoms with van der Waals surface area (Å²) in [5, 5.41) is 11.7. The van der Waals surface area contributed by atoms with Gasteiger partial charge in [-0.15, -0.1) is 0 Å². The Morgan fingerprint density at radius 2 is 1.78 bits per heavy atom. The van der Waals surface area contributed by atoms with Crippen molar-refractivity contribution < 1.29 is 27.5 Å². The highest BCUT2D eigenvalue weighted by molar-refractivity contribution is 5.81. The summed E-state index contributed by atoms with van der Waals surface area (Å²) in [6.07, 6.45) is -7.25. The van der Waals surface area contributed by atoms with Gasteiger partial charge < -0.3 is 10.4 Å². The molecule has 3 atom stereocenters. The smallest absolute Gasteiger partial charge is 0.382 e. The van der Waals surface area contributed by atoms with Crippen molar-refractivity contribution in [3.8, 4) is 0 Å². The van der Waals surface area contributed by atoms with Crippen LogP contribution in [0.3, 0.4) is 0 Å². The summed E-state index contributed by atoms with van der Waals surface area (Å²) in [5.41, 5.74) is 0.671. The third-order valence-corrected chi connectivity index (χ3v) is 3.61. The molecular formula is C15H20F4N2O2. The Hall–Kier alpha value is -1.67. The molecule has 23 heavy (non-hydrogen) atoms. The molecule has 3 unspecified atom stereocenters. The molecule has 1 rings (SSSR count).